The van der Waals surface area contributed by atoms with E-state index < -0.39 is 25.1 Å². The van der Waals surface area contributed by atoms with E-state index in [1.54, 1.807) is 6.92 Å². The van der Waals surface area contributed by atoms with Crippen LogP contribution in [0.4, 0.5) is 0 Å². The van der Waals surface area contributed by atoms with Gasteiger partial charge in [0.15, 0.2) is 23.2 Å². The van der Waals surface area contributed by atoms with Crippen molar-refractivity contribution in [3.05, 3.63) is 52.4 Å². The van der Waals surface area contributed by atoms with E-state index in [1.807, 2.05) is 0 Å². The largest absolute Gasteiger partial charge is 0.490 e. The van der Waals surface area contributed by atoms with E-state index in [1.165, 1.54) is 12.1 Å². The summed E-state index contributed by atoms with van der Waals surface area (Å²) in [6.07, 6.45) is 1.35. The highest BCUT2D eigenvalue weighted by molar-refractivity contribution is 6.67. The van der Waals surface area contributed by atoms with E-state index in [4.69, 9.17) is 79.4 Å². The summed E-state index contributed by atoms with van der Waals surface area (Å²) in [5, 5.41) is 18.5. The van der Waals surface area contributed by atoms with Crippen molar-refractivity contribution in [2.24, 2.45) is 0 Å². The molecule has 0 bridgehead atoms. The molecule has 2 N–H and O–H groups in total. The van der Waals surface area contributed by atoms with Crippen molar-refractivity contribution >= 4 is 93.4 Å². The van der Waals surface area contributed by atoms with E-state index in [-0.39, 0.29) is 41.0 Å². The van der Waals surface area contributed by atoms with E-state index >= 15 is 0 Å². The van der Waals surface area contributed by atoms with Gasteiger partial charge in [0.05, 0.1) is 17.7 Å². The number of aromatic carboxylic acids is 2. The summed E-state index contributed by atoms with van der Waals surface area (Å²) in [7, 11) is 0. The Morgan fingerprint density at radius 1 is 0.935 bits per heavy atom. The van der Waals surface area contributed by atoms with Crippen LogP contribution in [0.3, 0.4) is 0 Å². The SMILES string of the molecule is CCOC(=Cc1ccc(C(=O)O)c(C(=O)O)c1)c1nc(C(Cl)(Cl)Cl)nc(C(Cl)(Cl)Cl)n1. The molecule has 31 heavy (non-hydrogen) atoms. The zero-order chi connectivity index (χ0) is 23.6. The third kappa shape index (κ3) is 6.71. The first-order valence-electron chi connectivity index (χ1n) is 8.10. The summed E-state index contributed by atoms with van der Waals surface area (Å²) in [5.74, 6) is -3.68. The third-order valence-corrected chi connectivity index (χ3v) is 4.48. The molecule has 0 saturated carbocycles. The van der Waals surface area contributed by atoms with Crippen LogP contribution in [0.15, 0.2) is 18.2 Å². The van der Waals surface area contributed by atoms with Crippen molar-refractivity contribution in [2.75, 3.05) is 6.61 Å². The number of hydrogen-bond donors (Lipinski definition) is 2. The molecule has 0 atom stereocenters. The summed E-state index contributed by atoms with van der Waals surface area (Å²) >= 11 is 35.2. The lowest BCUT2D eigenvalue weighted by Gasteiger charge is -2.16. The van der Waals surface area contributed by atoms with Gasteiger partial charge in [-0.3, -0.25) is 0 Å². The highest BCUT2D eigenvalue weighted by Gasteiger charge is 2.34. The summed E-state index contributed by atoms with van der Waals surface area (Å²) < 4.78 is 1.36. The van der Waals surface area contributed by atoms with Crippen molar-refractivity contribution in [1.29, 1.82) is 0 Å². The van der Waals surface area contributed by atoms with Crippen molar-refractivity contribution in [3.8, 4) is 0 Å². The number of carbonyl (C=O) groups is 2. The van der Waals surface area contributed by atoms with Crippen molar-refractivity contribution in [1.82, 2.24) is 15.0 Å². The average molecular weight is 550 g/mol. The number of alkyl halides is 6. The molecule has 0 saturated heterocycles. The first-order valence-corrected chi connectivity index (χ1v) is 10.4. The summed E-state index contributed by atoms with van der Waals surface area (Å²) in [4.78, 5) is 34.6. The second-order valence-electron chi connectivity index (χ2n) is 5.66. The summed E-state index contributed by atoms with van der Waals surface area (Å²) in [5.41, 5.74) is -0.561. The van der Waals surface area contributed by atoms with Gasteiger partial charge in [0.1, 0.15) is 0 Å². The molecule has 14 heteroatoms. The topological polar surface area (TPSA) is 122 Å². The number of rotatable bonds is 6. The van der Waals surface area contributed by atoms with Crippen LogP contribution in [-0.2, 0) is 12.3 Å². The molecule has 0 spiro atoms. The molecule has 8 nitrogen and oxygen atoms in total. The zero-order valence-corrected chi connectivity index (χ0v) is 19.8. The van der Waals surface area contributed by atoms with Crippen molar-refractivity contribution < 1.29 is 24.5 Å². The molecular formula is C17H11Cl6N3O5. The highest BCUT2D eigenvalue weighted by atomic mass is 35.6. The van der Waals surface area contributed by atoms with Gasteiger partial charge in [0, 0.05) is 0 Å². The smallest absolute Gasteiger partial charge is 0.336 e. The van der Waals surface area contributed by atoms with Gasteiger partial charge in [-0.25, -0.2) is 24.5 Å². The Morgan fingerprint density at radius 3 is 1.87 bits per heavy atom. The fraction of sp³-hybridized carbons (Fsp3) is 0.235. The van der Waals surface area contributed by atoms with Crippen LogP contribution in [0.2, 0.25) is 0 Å². The number of benzene rings is 1. The zero-order valence-electron chi connectivity index (χ0n) is 15.2. The van der Waals surface area contributed by atoms with Gasteiger partial charge in [-0.2, -0.15) is 0 Å². The highest BCUT2D eigenvalue weighted by Crippen LogP contribution is 2.40. The minimum atomic E-state index is -2.08. The van der Waals surface area contributed by atoms with Crippen LogP contribution in [0.1, 0.15) is 50.7 Å². The summed E-state index contributed by atoms with van der Waals surface area (Å²) in [6, 6.07) is 3.63. The maximum Gasteiger partial charge on any atom is 0.336 e. The van der Waals surface area contributed by atoms with Crippen LogP contribution < -0.4 is 0 Å². The lowest BCUT2D eigenvalue weighted by molar-refractivity contribution is 0.0651. The fourth-order valence-electron chi connectivity index (χ4n) is 2.23. The molecule has 0 fully saturated rings. The quantitative estimate of drug-likeness (QED) is 0.360. The van der Waals surface area contributed by atoms with Gasteiger partial charge in [0.2, 0.25) is 7.59 Å². The molecule has 0 radical (unpaired) electrons. The van der Waals surface area contributed by atoms with Gasteiger partial charge in [-0.15, -0.1) is 0 Å². The van der Waals surface area contributed by atoms with Crippen LogP contribution in [0.25, 0.3) is 11.8 Å². The predicted octanol–water partition coefficient (Wildman–Crippen LogP) is 5.46. The Bertz CT molecular complexity index is 1020. The van der Waals surface area contributed by atoms with Gasteiger partial charge in [-0.1, -0.05) is 75.7 Å². The second kappa shape index (κ2) is 9.94. The first kappa shape index (κ1) is 25.7. The Morgan fingerprint density at radius 2 is 1.45 bits per heavy atom. The summed E-state index contributed by atoms with van der Waals surface area (Å²) in [6.45, 7) is 1.81. The second-order valence-corrected chi connectivity index (χ2v) is 10.2. The molecule has 0 aliphatic heterocycles. The normalized spacial score (nSPS) is 12.5. The number of aromatic nitrogens is 3. The number of nitrogens with zero attached hydrogens (tertiary/aromatic N) is 3. The Kier molecular flexibility index (Phi) is 8.24. The Hall–Kier alpha value is -1.55. The Balaban J connectivity index is 2.71. The van der Waals surface area contributed by atoms with E-state index in [2.05, 4.69) is 15.0 Å². The average Bonchev–Trinajstić information content (AvgIpc) is 2.65. The minimum Gasteiger partial charge on any atom is -0.490 e. The lowest BCUT2D eigenvalue weighted by Crippen LogP contribution is -2.18. The minimum absolute atomic E-state index is 0.00434. The number of carboxylic acids is 2. The van der Waals surface area contributed by atoms with E-state index in [9.17, 15) is 14.7 Å². The molecule has 1 heterocycles. The standard InChI is InChI=1S/C17H11Cl6N3O5/c1-2-31-10(6-7-3-4-8(12(27)28)9(5-7)13(29)30)11-24-14(16(18,19)20)26-15(25-11)17(21,22)23/h3-6H,2H2,1H3,(H,27,28)(H,29,30). The predicted molar refractivity (Wildman–Crippen MR) is 118 cm³/mol. The number of halogens is 6. The fourth-order valence-corrected chi connectivity index (χ4v) is 2.74. The molecular weight excluding hydrogens is 539 g/mol. The van der Waals surface area contributed by atoms with Crippen LogP contribution in [0, 0.1) is 0 Å². The molecule has 0 amide bonds. The molecule has 1 aromatic carbocycles. The monoisotopic (exact) mass is 547 g/mol. The van der Waals surface area contributed by atoms with Crippen LogP contribution in [-0.4, -0.2) is 43.7 Å². The van der Waals surface area contributed by atoms with Gasteiger partial charge >= 0.3 is 11.9 Å². The van der Waals surface area contributed by atoms with Gasteiger partial charge < -0.3 is 14.9 Å². The Labute approximate surface area is 205 Å². The molecule has 0 aliphatic rings. The van der Waals surface area contributed by atoms with Crippen LogP contribution in [0.5, 0.6) is 0 Å². The van der Waals surface area contributed by atoms with Crippen LogP contribution >= 0.6 is 69.6 Å². The van der Waals surface area contributed by atoms with Crippen molar-refractivity contribution in [3.63, 3.8) is 0 Å². The molecule has 2 aromatic rings. The van der Waals surface area contributed by atoms with E-state index in [0.717, 1.165) is 12.1 Å². The van der Waals surface area contributed by atoms with Gasteiger partial charge in [-0.05, 0) is 30.7 Å². The lowest BCUT2D eigenvalue weighted by atomic mass is 10.0. The van der Waals surface area contributed by atoms with E-state index in [0.29, 0.717) is 0 Å². The number of carboxylic acid groups (broad SMARTS) is 2. The maximum atomic E-state index is 11.4. The maximum absolute atomic E-state index is 11.4. The van der Waals surface area contributed by atoms with Gasteiger partial charge in [0.25, 0.3) is 0 Å². The molecule has 2 rings (SSSR count). The number of ether oxygens (including phenoxy) is 1. The molecule has 0 unspecified atom stereocenters. The molecule has 166 valence electrons. The first-order chi connectivity index (χ1) is 14.2. The van der Waals surface area contributed by atoms with Crippen molar-refractivity contribution in [2.45, 2.75) is 14.5 Å². The molecule has 1 aromatic heterocycles. The number of hydrogen-bond acceptors (Lipinski definition) is 6. The molecule has 0 aliphatic carbocycles. The third-order valence-electron chi connectivity index (χ3n) is 3.46.